The maximum absolute atomic E-state index is 12.8. The number of carbonyl (C=O) groups is 2. The molecule has 2 aromatic carbocycles. The molecule has 3 aliphatic rings. The zero-order chi connectivity index (χ0) is 23.4. The number of anilines is 1. The molecule has 3 heterocycles. The minimum absolute atomic E-state index is 0.0234. The molecule has 0 bridgehead atoms. The van der Waals surface area contributed by atoms with Crippen LogP contribution in [0.1, 0.15) is 46.6 Å². The second-order valence-electron chi connectivity index (χ2n) is 9.60. The highest BCUT2D eigenvalue weighted by atomic mass is 16.5. The molecule has 3 aromatic rings. The van der Waals surface area contributed by atoms with Gasteiger partial charge in [-0.1, -0.05) is 18.2 Å². The van der Waals surface area contributed by atoms with Gasteiger partial charge in [0.1, 0.15) is 35.0 Å². The van der Waals surface area contributed by atoms with Crippen molar-refractivity contribution in [2.75, 3.05) is 5.32 Å². The van der Waals surface area contributed by atoms with E-state index in [1.54, 1.807) is 6.20 Å². The molecule has 1 N–H and O–H groups in total. The van der Waals surface area contributed by atoms with Crippen LogP contribution in [-0.2, 0) is 22.4 Å². The third-order valence-corrected chi connectivity index (χ3v) is 7.24. The molecule has 0 saturated heterocycles. The van der Waals surface area contributed by atoms with Crippen molar-refractivity contribution in [3.8, 4) is 17.2 Å². The Morgan fingerprint density at radius 2 is 2.00 bits per heavy atom. The van der Waals surface area contributed by atoms with Crippen molar-refractivity contribution in [2.45, 2.75) is 51.6 Å². The average Bonchev–Trinajstić information content (AvgIpc) is 3.32. The Kier molecular flexibility index (Phi) is 4.90. The summed E-state index contributed by atoms with van der Waals surface area (Å²) in [4.78, 5) is 28.7. The van der Waals surface area contributed by atoms with E-state index in [2.05, 4.69) is 36.3 Å². The number of ketones is 1. The van der Waals surface area contributed by atoms with Crippen LogP contribution in [0.2, 0.25) is 0 Å². The zero-order valence-corrected chi connectivity index (χ0v) is 19.3. The molecular weight excluding hydrogens is 428 g/mol. The van der Waals surface area contributed by atoms with Crippen LogP contribution in [0, 0.1) is 19.8 Å². The van der Waals surface area contributed by atoms with Crippen LogP contribution in [-0.4, -0.2) is 22.8 Å². The van der Waals surface area contributed by atoms with E-state index in [4.69, 9.17) is 9.47 Å². The van der Waals surface area contributed by atoms with Gasteiger partial charge >= 0.3 is 0 Å². The smallest absolute Gasteiger partial charge is 0.225 e. The van der Waals surface area contributed by atoms with Crippen LogP contribution in [0.25, 0.3) is 0 Å². The molecule has 2 aliphatic heterocycles. The normalized spacial score (nSPS) is 21.6. The molecular formula is C28H26N2O4. The monoisotopic (exact) mass is 454 g/mol. The predicted molar refractivity (Wildman–Crippen MR) is 128 cm³/mol. The number of fused-ring (bicyclic) bond motifs is 4. The van der Waals surface area contributed by atoms with E-state index in [9.17, 15) is 9.59 Å². The molecule has 172 valence electrons. The Bertz CT molecular complexity index is 1330. The number of amides is 1. The number of nitrogens with one attached hydrogen (secondary N) is 1. The maximum Gasteiger partial charge on any atom is 0.225 e. The summed E-state index contributed by atoms with van der Waals surface area (Å²) < 4.78 is 12.3. The van der Waals surface area contributed by atoms with Gasteiger partial charge in [0.15, 0.2) is 0 Å². The molecule has 1 amide bonds. The lowest BCUT2D eigenvalue weighted by Gasteiger charge is -2.19. The fraction of sp³-hybridized carbons (Fsp3) is 0.321. The fourth-order valence-electron chi connectivity index (χ4n) is 5.21. The van der Waals surface area contributed by atoms with Crippen molar-refractivity contribution in [2.24, 2.45) is 5.92 Å². The lowest BCUT2D eigenvalue weighted by Crippen LogP contribution is -2.20. The van der Waals surface area contributed by atoms with Gasteiger partial charge in [-0.3, -0.25) is 9.59 Å². The summed E-state index contributed by atoms with van der Waals surface area (Å²) in [6.07, 6.45) is 3.76. The maximum atomic E-state index is 12.8. The van der Waals surface area contributed by atoms with Gasteiger partial charge in [0.25, 0.3) is 0 Å². The first kappa shape index (κ1) is 20.9. The number of nitrogens with zero attached hydrogens (tertiary/aromatic N) is 1. The van der Waals surface area contributed by atoms with Crippen LogP contribution < -0.4 is 14.8 Å². The Balaban J connectivity index is 1.14. The number of Topliss-reactive ketones (excluding diaryl/α,β-unsaturated/α-hetero) is 1. The summed E-state index contributed by atoms with van der Waals surface area (Å²) in [5, 5.41) is 2.81. The number of carbonyl (C=O) groups excluding carboxylic acids is 2. The van der Waals surface area contributed by atoms with Gasteiger partial charge in [-0.15, -0.1) is 0 Å². The SMILES string of the molecule is Cc1ccc(CC(=O)C[C@@H]2[C@H]3Oc4ccc(Oc5ccnc6c5CCC(=O)N6)cc4[C@@H]23)cc1C. The molecule has 6 rings (SSSR count). The second kappa shape index (κ2) is 7.97. The summed E-state index contributed by atoms with van der Waals surface area (Å²) in [6.45, 7) is 4.16. The van der Waals surface area contributed by atoms with Crippen molar-refractivity contribution in [3.05, 3.63) is 76.5 Å². The highest BCUT2D eigenvalue weighted by Crippen LogP contribution is 2.60. The van der Waals surface area contributed by atoms with Crippen LogP contribution in [0.15, 0.2) is 48.7 Å². The number of aryl methyl sites for hydroxylation is 2. The summed E-state index contributed by atoms with van der Waals surface area (Å²) in [5.74, 6) is 3.58. The summed E-state index contributed by atoms with van der Waals surface area (Å²) in [5.41, 5.74) is 5.57. The highest BCUT2D eigenvalue weighted by Gasteiger charge is 2.59. The second-order valence-corrected chi connectivity index (χ2v) is 9.60. The Hall–Kier alpha value is -3.67. The summed E-state index contributed by atoms with van der Waals surface area (Å²) in [6, 6.07) is 13.9. The minimum Gasteiger partial charge on any atom is -0.489 e. The molecule has 3 atom stereocenters. The molecule has 0 spiro atoms. The number of hydrogen-bond donors (Lipinski definition) is 1. The Morgan fingerprint density at radius 1 is 1.12 bits per heavy atom. The first-order valence-corrected chi connectivity index (χ1v) is 11.8. The number of benzene rings is 2. The van der Waals surface area contributed by atoms with Gasteiger partial charge in [0.05, 0.1) is 0 Å². The molecule has 1 aromatic heterocycles. The predicted octanol–water partition coefficient (Wildman–Crippen LogP) is 5.05. The number of hydrogen-bond acceptors (Lipinski definition) is 5. The van der Waals surface area contributed by atoms with Crippen molar-refractivity contribution >= 4 is 17.5 Å². The van der Waals surface area contributed by atoms with E-state index in [0.29, 0.717) is 37.3 Å². The standard InChI is InChI=1S/C28H26N2O4/c1-15-3-4-17(11-16(15)2)12-18(31)13-22-26-21-14-19(5-7-23(21)34-27(22)26)33-24-9-10-29-28-20(24)6-8-25(32)30-28/h3-5,7,9-11,14,22,26-27H,6,8,12-13H2,1-2H3,(H,29,30,32)/t22-,26-,27+/m0/s1. The highest BCUT2D eigenvalue weighted by molar-refractivity contribution is 5.93. The van der Waals surface area contributed by atoms with Crippen LogP contribution in [0.3, 0.4) is 0 Å². The lowest BCUT2D eigenvalue weighted by molar-refractivity contribution is -0.119. The van der Waals surface area contributed by atoms with Crippen LogP contribution in [0.4, 0.5) is 5.82 Å². The quantitative estimate of drug-likeness (QED) is 0.564. The number of pyridine rings is 1. The van der Waals surface area contributed by atoms with Crippen molar-refractivity contribution in [1.82, 2.24) is 4.98 Å². The van der Waals surface area contributed by atoms with E-state index in [-0.39, 0.29) is 29.6 Å². The van der Waals surface area contributed by atoms with Gasteiger partial charge < -0.3 is 14.8 Å². The van der Waals surface area contributed by atoms with Crippen molar-refractivity contribution < 1.29 is 19.1 Å². The fourth-order valence-corrected chi connectivity index (χ4v) is 5.21. The van der Waals surface area contributed by atoms with E-state index in [1.807, 2.05) is 30.3 Å². The first-order chi connectivity index (χ1) is 16.5. The first-order valence-electron chi connectivity index (χ1n) is 11.8. The summed E-state index contributed by atoms with van der Waals surface area (Å²) >= 11 is 0. The lowest BCUT2D eigenvalue weighted by atomic mass is 9.99. The van der Waals surface area contributed by atoms with Gasteiger partial charge in [0.2, 0.25) is 5.91 Å². The number of ether oxygens (including phenoxy) is 2. The van der Waals surface area contributed by atoms with Crippen molar-refractivity contribution in [1.29, 1.82) is 0 Å². The largest absolute Gasteiger partial charge is 0.489 e. The van der Waals surface area contributed by atoms with E-state index >= 15 is 0 Å². The van der Waals surface area contributed by atoms with E-state index in [0.717, 1.165) is 28.2 Å². The average molecular weight is 455 g/mol. The minimum atomic E-state index is -0.0234. The molecule has 6 heteroatoms. The molecule has 0 radical (unpaired) electrons. The molecule has 6 nitrogen and oxygen atoms in total. The third kappa shape index (κ3) is 3.73. The number of rotatable bonds is 6. The van der Waals surface area contributed by atoms with Gasteiger partial charge in [-0.2, -0.15) is 0 Å². The van der Waals surface area contributed by atoms with Gasteiger partial charge in [-0.25, -0.2) is 4.98 Å². The Labute approximate surface area is 198 Å². The molecule has 1 saturated carbocycles. The summed E-state index contributed by atoms with van der Waals surface area (Å²) in [7, 11) is 0. The van der Waals surface area contributed by atoms with E-state index in [1.165, 1.54) is 11.1 Å². The Morgan fingerprint density at radius 3 is 2.85 bits per heavy atom. The van der Waals surface area contributed by atoms with Gasteiger partial charge in [0, 0.05) is 48.4 Å². The molecule has 1 fully saturated rings. The van der Waals surface area contributed by atoms with Crippen molar-refractivity contribution in [3.63, 3.8) is 0 Å². The molecule has 34 heavy (non-hydrogen) atoms. The molecule has 1 aliphatic carbocycles. The topological polar surface area (TPSA) is 77.5 Å². The molecule has 0 unspecified atom stereocenters. The number of aromatic nitrogens is 1. The van der Waals surface area contributed by atoms with E-state index < -0.39 is 0 Å². The van der Waals surface area contributed by atoms with Crippen LogP contribution in [0.5, 0.6) is 17.2 Å². The van der Waals surface area contributed by atoms with Crippen LogP contribution >= 0.6 is 0 Å². The zero-order valence-electron chi connectivity index (χ0n) is 19.3. The third-order valence-electron chi connectivity index (χ3n) is 7.24. The van der Waals surface area contributed by atoms with Gasteiger partial charge in [-0.05, 0) is 61.2 Å².